The summed E-state index contributed by atoms with van der Waals surface area (Å²) >= 11 is 0. The minimum Gasteiger partial charge on any atom is -0.450 e. The van der Waals surface area contributed by atoms with Crippen molar-refractivity contribution in [3.05, 3.63) is 24.9 Å². The summed E-state index contributed by atoms with van der Waals surface area (Å²) in [5, 5.41) is 12.4. The van der Waals surface area contributed by atoms with E-state index in [1.807, 2.05) is 0 Å². The Morgan fingerprint density at radius 3 is 2.76 bits per heavy atom. The fourth-order valence-corrected chi connectivity index (χ4v) is 1.42. The van der Waals surface area contributed by atoms with Crippen LogP contribution in [0.25, 0.3) is 0 Å². The van der Waals surface area contributed by atoms with Gasteiger partial charge in [0.15, 0.2) is 5.82 Å². The van der Waals surface area contributed by atoms with E-state index in [2.05, 4.69) is 30.9 Å². The molecule has 0 unspecified atom stereocenters. The Morgan fingerprint density at radius 2 is 2.05 bits per heavy atom. The Balaban J connectivity index is 1.87. The van der Waals surface area contributed by atoms with E-state index in [4.69, 9.17) is 4.74 Å². The van der Waals surface area contributed by atoms with Gasteiger partial charge in [0.05, 0.1) is 30.9 Å². The van der Waals surface area contributed by atoms with Crippen LogP contribution in [0.3, 0.4) is 0 Å². The van der Waals surface area contributed by atoms with Gasteiger partial charge in [-0.1, -0.05) is 5.21 Å². The van der Waals surface area contributed by atoms with Gasteiger partial charge in [-0.15, -0.1) is 5.10 Å². The van der Waals surface area contributed by atoms with Crippen molar-refractivity contribution in [2.24, 2.45) is 0 Å². The fraction of sp³-hybridized carbons (Fsp3) is 0.273. The second-order valence-corrected chi connectivity index (χ2v) is 3.82. The summed E-state index contributed by atoms with van der Waals surface area (Å²) in [6.45, 7) is 1.88. The molecule has 0 radical (unpaired) electrons. The lowest BCUT2D eigenvalue weighted by Crippen LogP contribution is -2.19. The zero-order valence-electron chi connectivity index (χ0n) is 11.2. The molecular weight excluding hydrogens is 278 g/mol. The van der Waals surface area contributed by atoms with E-state index in [-0.39, 0.29) is 24.9 Å². The van der Waals surface area contributed by atoms with Gasteiger partial charge in [-0.05, 0) is 6.92 Å². The number of anilines is 2. The lowest BCUT2D eigenvalue weighted by atomic mass is 10.5. The number of ether oxygens (including phenoxy) is 1. The molecule has 2 aromatic heterocycles. The van der Waals surface area contributed by atoms with Gasteiger partial charge in [0.2, 0.25) is 5.91 Å². The van der Waals surface area contributed by atoms with Gasteiger partial charge < -0.3 is 10.1 Å². The van der Waals surface area contributed by atoms with Crippen LogP contribution in [0.2, 0.25) is 0 Å². The maximum atomic E-state index is 11.7. The van der Waals surface area contributed by atoms with Crippen molar-refractivity contribution in [3.63, 3.8) is 0 Å². The first-order chi connectivity index (χ1) is 10.2. The van der Waals surface area contributed by atoms with Crippen LogP contribution in [0.15, 0.2) is 24.9 Å². The molecule has 0 aliphatic heterocycles. The quantitative estimate of drug-likeness (QED) is 0.810. The van der Waals surface area contributed by atoms with Crippen LogP contribution in [0, 0.1) is 0 Å². The van der Waals surface area contributed by atoms with E-state index in [1.54, 1.807) is 6.92 Å². The van der Waals surface area contributed by atoms with E-state index in [0.29, 0.717) is 5.69 Å². The number of hydrogen-bond donors (Lipinski definition) is 2. The highest BCUT2D eigenvalue weighted by molar-refractivity contribution is 5.90. The summed E-state index contributed by atoms with van der Waals surface area (Å²) in [6.07, 6.45) is 5.09. The third kappa shape index (κ3) is 4.53. The smallest absolute Gasteiger partial charge is 0.412 e. The van der Waals surface area contributed by atoms with Crippen molar-refractivity contribution in [1.29, 1.82) is 0 Å². The van der Waals surface area contributed by atoms with E-state index in [0.717, 1.165) is 0 Å². The SMILES string of the molecule is CCOC(=O)Nc1cn(CC(=O)Nc2cncnc2)nn1. The molecule has 0 spiro atoms. The standard InChI is InChI=1S/C11H13N7O3/c1-2-21-11(20)15-9-5-18(17-16-9)6-10(19)14-8-3-12-7-13-4-8/h3-5,7H,2,6H2,1H3,(H,14,19)(H,15,20). The normalized spacial score (nSPS) is 9.95. The van der Waals surface area contributed by atoms with Crippen LogP contribution in [0.5, 0.6) is 0 Å². The second kappa shape index (κ2) is 6.93. The molecule has 0 atom stereocenters. The molecule has 0 saturated carbocycles. The lowest BCUT2D eigenvalue weighted by molar-refractivity contribution is -0.116. The summed E-state index contributed by atoms with van der Waals surface area (Å²) < 4.78 is 5.97. The fourth-order valence-electron chi connectivity index (χ4n) is 1.42. The van der Waals surface area contributed by atoms with Crippen LogP contribution in [0.4, 0.5) is 16.3 Å². The molecule has 110 valence electrons. The van der Waals surface area contributed by atoms with Crippen LogP contribution in [-0.4, -0.2) is 43.6 Å². The molecule has 0 saturated heterocycles. The Bertz CT molecular complexity index is 613. The van der Waals surface area contributed by atoms with Gasteiger partial charge in [-0.2, -0.15) is 0 Å². The van der Waals surface area contributed by atoms with Gasteiger partial charge >= 0.3 is 6.09 Å². The third-order valence-electron chi connectivity index (χ3n) is 2.19. The number of carbonyl (C=O) groups excluding carboxylic acids is 2. The maximum absolute atomic E-state index is 11.7. The number of amides is 2. The molecule has 0 aromatic carbocycles. The molecule has 2 aromatic rings. The number of hydrogen-bond acceptors (Lipinski definition) is 7. The lowest BCUT2D eigenvalue weighted by Gasteiger charge is -2.03. The van der Waals surface area contributed by atoms with Crippen molar-refractivity contribution in [3.8, 4) is 0 Å². The van der Waals surface area contributed by atoms with Crippen molar-refractivity contribution in [2.75, 3.05) is 17.2 Å². The van der Waals surface area contributed by atoms with Gasteiger partial charge in [0.1, 0.15) is 12.9 Å². The summed E-state index contributed by atoms with van der Waals surface area (Å²) in [4.78, 5) is 30.5. The molecule has 0 fully saturated rings. The number of carbonyl (C=O) groups is 2. The molecular formula is C11H13N7O3. The van der Waals surface area contributed by atoms with Crippen molar-refractivity contribution < 1.29 is 14.3 Å². The average molecular weight is 291 g/mol. The van der Waals surface area contributed by atoms with E-state index < -0.39 is 6.09 Å². The molecule has 0 aliphatic rings. The maximum Gasteiger partial charge on any atom is 0.412 e. The Kier molecular flexibility index (Phi) is 4.75. The first-order valence-corrected chi connectivity index (χ1v) is 6.06. The Morgan fingerprint density at radius 1 is 1.29 bits per heavy atom. The molecule has 2 heterocycles. The van der Waals surface area contributed by atoms with Crippen molar-refractivity contribution in [2.45, 2.75) is 13.5 Å². The topological polar surface area (TPSA) is 124 Å². The van der Waals surface area contributed by atoms with Crippen LogP contribution in [-0.2, 0) is 16.1 Å². The van der Waals surface area contributed by atoms with Gasteiger partial charge in [-0.3, -0.25) is 10.1 Å². The average Bonchev–Trinajstić information content (AvgIpc) is 2.87. The number of rotatable bonds is 5. The third-order valence-corrected chi connectivity index (χ3v) is 2.19. The first kappa shape index (κ1) is 14.4. The largest absolute Gasteiger partial charge is 0.450 e. The molecule has 21 heavy (non-hydrogen) atoms. The molecule has 2 rings (SSSR count). The zero-order valence-corrected chi connectivity index (χ0v) is 11.2. The number of nitrogens with zero attached hydrogens (tertiary/aromatic N) is 5. The van der Waals surface area contributed by atoms with Gasteiger partial charge in [-0.25, -0.2) is 19.4 Å². The summed E-state index contributed by atoms with van der Waals surface area (Å²) in [6, 6.07) is 0. The molecule has 10 heteroatoms. The monoisotopic (exact) mass is 291 g/mol. The minimum atomic E-state index is -0.629. The van der Waals surface area contributed by atoms with Crippen molar-refractivity contribution >= 4 is 23.5 Å². The van der Waals surface area contributed by atoms with E-state index >= 15 is 0 Å². The zero-order chi connectivity index (χ0) is 15.1. The molecule has 2 N–H and O–H groups in total. The summed E-state index contributed by atoms with van der Waals surface area (Å²) in [5.74, 6) is -0.123. The predicted molar refractivity (Wildman–Crippen MR) is 71.3 cm³/mol. The van der Waals surface area contributed by atoms with Crippen LogP contribution < -0.4 is 10.6 Å². The molecule has 0 bridgehead atoms. The van der Waals surface area contributed by atoms with Crippen molar-refractivity contribution in [1.82, 2.24) is 25.0 Å². The summed E-state index contributed by atoms with van der Waals surface area (Å²) in [7, 11) is 0. The highest BCUT2D eigenvalue weighted by Crippen LogP contribution is 2.03. The number of nitrogens with one attached hydrogen (secondary N) is 2. The van der Waals surface area contributed by atoms with E-state index in [9.17, 15) is 9.59 Å². The molecule has 0 aliphatic carbocycles. The summed E-state index contributed by atoms with van der Waals surface area (Å²) in [5.41, 5.74) is 0.479. The van der Waals surface area contributed by atoms with Crippen LogP contribution >= 0.6 is 0 Å². The predicted octanol–water partition coefficient (Wildman–Crippen LogP) is 0.275. The van der Waals surface area contributed by atoms with Gasteiger partial charge in [0, 0.05) is 0 Å². The van der Waals surface area contributed by atoms with Gasteiger partial charge in [0.25, 0.3) is 0 Å². The molecule has 2 amide bonds. The Hall–Kier alpha value is -3.04. The highest BCUT2D eigenvalue weighted by Gasteiger charge is 2.09. The minimum absolute atomic E-state index is 0.0631. The first-order valence-electron chi connectivity index (χ1n) is 6.06. The highest BCUT2D eigenvalue weighted by atomic mass is 16.5. The number of aromatic nitrogens is 5. The second-order valence-electron chi connectivity index (χ2n) is 3.82. The van der Waals surface area contributed by atoms with E-state index in [1.165, 1.54) is 29.6 Å². The molecule has 10 nitrogen and oxygen atoms in total. The Labute approximate surface area is 119 Å². The van der Waals surface area contributed by atoms with Crippen LogP contribution in [0.1, 0.15) is 6.92 Å².